The molecule has 0 aliphatic carbocycles. The molecular weight excluding hydrogens is 276 g/mol. The molecule has 0 aliphatic heterocycles. The quantitative estimate of drug-likeness (QED) is 0.659. The molecule has 0 atom stereocenters. The predicted octanol–water partition coefficient (Wildman–Crippen LogP) is 4.10. The Bertz CT molecular complexity index is 671. The number of rotatable bonds is 1. The van der Waals surface area contributed by atoms with Crippen LogP contribution in [0.25, 0.3) is 16.6 Å². The van der Waals surface area contributed by atoms with Gasteiger partial charge in [-0.15, -0.1) is 0 Å². The van der Waals surface area contributed by atoms with Crippen molar-refractivity contribution in [1.29, 1.82) is 0 Å². The molecule has 2 aromatic carbocycles. The SMILES string of the molecule is Cc1cc(Br)cc2cn(-c3ccccc3)nc12. The summed E-state index contributed by atoms with van der Waals surface area (Å²) in [5.41, 5.74) is 3.32. The molecule has 0 N–H and O–H groups in total. The van der Waals surface area contributed by atoms with Gasteiger partial charge in [0.1, 0.15) is 0 Å². The van der Waals surface area contributed by atoms with Gasteiger partial charge in [-0.1, -0.05) is 34.1 Å². The largest absolute Gasteiger partial charge is 0.240 e. The molecule has 0 amide bonds. The van der Waals surface area contributed by atoms with Gasteiger partial charge in [0.15, 0.2) is 0 Å². The molecule has 0 saturated carbocycles. The number of hydrogen-bond acceptors (Lipinski definition) is 1. The number of halogens is 1. The van der Waals surface area contributed by atoms with Crippen molar-refractivity contribution < 1.29 is 0 Å². The standard InChI is InChI=1S/C14H11BrN2/c1-10-7-12(15)8-11-9-17(16-14(10)11)13-5-3-2-4-6-13/h2-9H,1H3. The molecule has 1 aromatic heterocycles. The number of aryl methyl sites for hydroxylation is 1. The number of hydrogen-bond donors (Lipinski definition) is 0. The van der Waals surface area contributed by atoms with E-state index in [0.29, 0.717) is 0 Å². The van der Waals surface area contributed by atoms with Gasteiger partial charge < -0.3 is 0 Å². The Labute approximate surface area is 108 Å². The molecular formula is C14H11BrN2. The first-order valence-electron chi connectivity index (χ1n) is 5.45. The third-order valence-electron chi connectivity index (χ3n) is 2.78. The van der Waals surface area contributed by atoms with E-state index in [-0.39, 0.29) is 0 Å². The normalized spacial score (nSPS) is 10.9. The molecule has 84 valence electrons. The first-order chi connectivity index (χ1) is 8.24. The highest BCUT2D eigenvalue weighted by Crippen LogP contribution is 2.23. The fourth-order valence-electron chi connectivity index (χ4n) is 1.98. The van der Waals surface area contributed by atoms with E-state index in [0.717, 1.165) is 21.1 Å². The minimum atomic E-state index is 1.05. The van der Waals surface area contributed by atoms with E-state index in [1.54, 1.807) is 0 Å². The van der Waals surface area contributed by atoms with Crippen LogP contribution in [0.3, 0.4) is 0 Å². The third-order valence-corrected chi connectivity index (χ3v) is 3.24. The Morgan fingerprint density at radius 1 is 1.12 bits per heavy atom. The minimum absolute atomic E-state index is 1.05. The van der Waals surface area contributed by atoms with E-state index in [4.69, 9.17) is 0 Å². The zero-order chi connectivity index (χ0) is 11.8. The highest BCUT2D eigenvalue weighted by molar-refractivity contribution is 9.10. The van der Waals surface area contributed by atoms with E-state index >= 15 is 0 Å². The number of aromatic nitrogens is 2. The summed E-state index contributed by atoms with van der Waals surface area (Å²) in [6.45, 7) is 2.08. The van der Waals surface area contributed by atoms with Gasteiger partial charge in [0.25, 0.3) is 0 Å². The molecule has 3 aromatic rings. The monoisotopic (exact) mass is 286 g/mol. The van der Waals surface area contributed by atoms with Crippen molar-refractivity contribution in [3.63, 3.8) is 0 Å². The van der Waals surface area contributed by atoms with Gasteiger partial charge in [-0.2, -0.15) is 5.10 Å². The maximum Gasteiger partial charge on any atom is 0.0957 e. The summed E-state index contributed by atoms with van der Waals surface area (Å²) < 4.78 is 3.01. The number of benzene rings is 2. The second-order valence-electron chi connectivity index (χ2n) is 4.07. The van der Waals surface area contributed by atoms with Crippen molar-refractivity contribution in [2.24, 2.45) is 0 Å². The number of para-hydroxylation sites is 1. The lowest BCUT2D eigenvalue weighted by Crippen LogP contribution is -1.93. The molecule has 0 aliphatic rings. The van der Waals surface area contributed by atoms with Crippen molar-refractivity contribution in [3.05, 3.63) is 58.7 Å². The summed E-state index contributed by atoms with van der Waals surface area (Å²) in [5, 5.41) is 5.77. The summed E-state index contributed by atoms with van der Waals surface area (Å²) in [6, 6.07) is 14.3. The van der Waals surface area contributed by atoms with Crippen LogP contribution in [0.15, 0.2) is 53.1 Å². The lowest BCUT2D eigenvalue weighted by molar-refractivity contribution is 0.895. The zero-order valence-electron chi connectivity index (χ0n) is 9.39. The van der Waals surface area contributed by atoms with Crippen LogP contribution in [0.2, 0.25) is 0 Å². The van der Waals surface area contributed by atoms with Gasteiger partial charge in [0, 0.05) is 16.1 Å². The molecule has 2 nitrogen and oxygen atoms in total. The highest BCUT2D eigenvalue weighted by atomic mass is 79.9. The van der Waals surface area contributed by atoms with Gasteiger partial charge in [-0.3, -0.25) is 0 Å². The molecule has 0 fully saturated rings. The Hall–Kier alpha value is -1.61. The van der Waals surface area contributed by atoms with Gasteiger partial charge in [-0.25, -0.2) is 4.68 Å². The van der Waals surface area contributed by atoms with Crippen LogP contribution >= 0.6 is 15.9 Å². The Morgan fingerprint density at radius 2 is 1.88 bits per heavy atom. The summed E-state index contributed by atoms with van der Waals surface area (Å²) >= 11 is 3.51. The molecule has 3 heteroatoms. The average molecular weight is 287 g/mol. The molecule has 3 rings (SSSR count). The van der Waals surface area contributed by atoms with Crippen molar-refractivity contribution in [1.82, 2.24) is 9.78 Å². The molecule has 0 unspecified atom stereocenters. The van der Waals surface area contributed by atoms with Crippen LogP contribution in [0, 0.1) is 6.92 Å². The van der Waals surface area contributed by atoms with Gasteiger partial charge in [0.2, 0.25) is 0 Å². The average Bonchev–Trinajstić information content (AvgIpc) is 2.74. The molecule has 1 heterocycles. The van der Waals surface area contributed by atoms with E-state index in [9.17, 15) is 0 Å². The van der Waals surface area contributed by atoms with Gasteiger partial charge >= 0.3 is 0 Å². The Balaban J connectivity index is 2.24. The highest BCUT2D eigenvalue weighted by Gasteiger charge is 2.05. The van der Waals surface area contributed by atoms with Crippen molar-refractivity contribution in [2.45, 2.75) is 6.92 Å². The van der Waals surface area contributed by atoms with Crippen molar-refractivity contribution in [2.75, 3.05) is 0 Å². The van der Waals surface area contributed by atoms with Crippen molar-refractivity contribution >= 4 is 26.8 Å². The number of nitrogens with zero attached hydrogens (tertiary/aromatic N) is 2. The van der Waals surface area contributed by atoms with Crippen LogP contribution in [0.5, 0.6) is 0 Å². The Morgan fingerprint density at radius 3 is 2.65 bits per heavy atom. The molecule has 0 bridgehead atoms. The predicted molar refractivity (Wildman–Crippen MR) is 73.5 cm³/mol. The molecule has 0 saturated heterocycles. The van der Waals surface area contributed by atoms with Crippen LogP contribution < -0.4 is 0 Å². The van der Waals surface area contributed by atoms with E-state index in [2.05, 4.69) is 58.4 Å². The Kier molecular flexibility index (Phi) is 2.48. The second-order valence-corrected chi connectivity index (χ2v) is 4.99. The number of fused-ring (bicyclic) bond motifs is 1. The molecule has 17 heavy (non-hydrogen) atoms. The van der Waals surface area contributed by atoms with Gasteiger partial charge in [-0.05, 0) is 36.8 Å². The summed E-state index contributed by atoms with van der Waals surface area (Å²) in [5.74, 6) is 0. The fraction of sp³-hybridized carbons (Fsp3) is 0.0714. The van der Waals surface area contributed by atoms with E-state index in [1.165, 1.54) is 5.56 Å². The zero-order valence-corrected chi connectivity index (χ0v) is 11.0. The molecule has 0 radical (unpaired) electrons. The van der Waals surface area contributed by atoms with Crippen LogP contribution in [0.4, 0.5) is 0 Å². The summed E-state index contributed by atoms with van der Waals surface area (Å²) in [6.07, 6.45) is 2.06. The summed E-state index contributed by atoms with van der Waals surface area (Å²) in [4.78, 5) is 0. The van der Waals surface area contributed by atoms with Gasteiger partial charge in [0.05, 0.1) is 11.2 Å². The third kappa shape index (κ3) is 1.87. The fourth-order valence-corrected chi connectivity index (χ4v) is 2.57. The maximum atomic E-state index is 4.62. The van der Waals surface area contributed by atoms with Crippen molar-refractivity contribution in [3.8, 4) is 5.69 Å². The molecule has 0 spiro atoms. The maximum absolute atomic E-state index is 4.62. The lowest BCUT2D eigenvalue weighted by Gasteiger charge is -1.98. The minimum Gasteiger partial charge on any atom is -0.240 e. The van der Waals surface area contributed by atoms with Crippen LogP contribution in [-0.4, -0.2) is 9.78 Å². The second kappa shape index (κ2) is 4.00. The van der Waals surface area contributed by atoms with Crippen LogP contribution in [-0.2, 0) is 0 Å². The first-order valence-corrected chi connectivity index (χ1v) is 6.24. The van der Waals surface area contributed by atoms with E-state index in [1.807, 2.05) is 22.9 Å². The lowest BCUT2D eigenvalue weighted by atomic mass is 10.2. The summed E-state index contributed by atoms with van der Waals surface area (Å²) in [7, 11) is 0. The topological polar surface area (TPSA) is 17.8 Å². The van der Waals surface area contributed by atoms with E-state index < -0.39 is 0 Å². The first kappa shape index (κ1) is 10.5. The van der Waals surface area contributed by atoms with Crippen LogP contribution in [0.1, 0.15) is 5.56 Å². The smallest absolute Gasteiger partial charge is 0.0957 e.